The Morgan fingerprint density at radius 2 is 2.29 bits per heavy atom. The van der Waals surface area contributed by atoms with Crippen molar-refractivity contribution in [3.63, 3.8) is 0 Å². The fraction of sp³-hybridized carbons (Fsp3) is 0.500. The minimum atomic E-state index is -1.00. The Hall–Kier alpha value is -1.62. The number of aromatic nitrogens is 1. The van der Waals surface area contributed by atoms with E-state index in [1.54, 1.807) is 12.1 Å². The second-order valence-electron chi connectivity index (χ2n) is 3.45. The SMILES string of the molecule is CCOCCN(CC)c1cccnc1C(=O)O. The molecule has 0 spiro atoms. The van der Waals surface area contributed by atoms with Crippen molar-refractivity contribution in [2.75, 3.05) is 31.2 Å². The molecule has 5 nitrogen and oxygen atoms in total. The van der Waals surface area contributed by atoms with Gasteiger partial charge in [-0.2, -0.15) is 0 Å². The van der Waals surface area contributed by atoms with Crippen LogP contribution in [0.1, 0.15) is 24.3 Å². The van der Waals surface area contributed by atoms with Crippen LogP contribution in [0, 0.1) is 0 Å². The Labute approximate surface area is 101 Å². The molecule has 0 saturated carbocycles. The first-order chi connectivity index (χ1) is 8.20. The topological polar surface area (TPSA) is 62.7 Å². The van der Waals surface area contributed by atoms with Crippen LogP contribution in [-0.2, 0) is 4.74 Å². The monoisotopic (exact) mass is 238 g/mol. The lowest BCUT2D eigenvalue weighted by molar-refractivity contribution is 0.0691. The number of carboxylic acids is 1. The highest BCUT2D eigenvalue weighted by molar-refractivity contribution is 5.92. The minimum Gasteiger partial charge on any atom is -0.476 e. The maximum atomic E-state index is 11.1. The zero-order valence-corrected chi connectivity index (χ0v) is 10.2. The molecule has 5 heteroatoms. The summed E-state index contributed by atoms with van der Waals surface area (Å²) in [5, 5.41) is 9.06. The molecule has 0 aliphatic heterocycles. The quantitative estimate of drug-likeness (QED) is 0.732. The van der Waals surface area contributed by atoms with Gasteiger partial charge in [0, 0.05) is 25.9 Å². The fourth-order valence-corrected chi connectivity index (χ4v) is 1.58. The predicted octanol–water partition coefficient (Wildman–Crippen LogP) is 1.64. The lowest BCUT2D eigenvalue weighted by atomic mass is 10.2. The summed E-state index contributed by atoms with van der Waals surface area (Å²) >= 11 is 0. The molecular formula is C12H18N2O3. The first kappa shape index (κ1) is 13.4. The van der Waals surface area contributed by atoms with Crippen LogP contribution in [0.2, 0.25) is 0 Å². The summed E-state index contributed by atoms with van der Waals surface area (Å²) in [6.45, 7) is 6.54. The summed E-state index contributed by atoms with van der Waals surface area (Å²) < 4.78 is 5.28. The average Bonchev–Trinajstić information content (AvgIpc) is 2.35. The summed E-state index contributed by atoms with van der Waals surface area (Å²) in [7, 11) is 0. The molecule has 1 N–H and O–H groups in total. The number of carboxylic acid groups (broad SMARTS) is 1. The summed E-state index contributed by atoms with van der Waals surface area (Å²) in [5.74, 6) is -1.00. The molecule has 1 aromatic heterocycles. The highest BCUT2D eigenvalue weighted by atomic mass is 16.5. The third-order valence-corrected chi connectivity index (χ3v) is 2.42. The number of nitrogens with zero attached hydrogens (tertiary/aromatic N) is 2. The van der Waals surface area contributed by atoms with E-state index in [9.17, 15) is 4.79 Å². The van der Waals surface area contributed by atoms with E-state index in [0.717, 1.165) is 6.54 Å². The van der Waals surface area contributed by atoms with Gasteiger partial charge in [-0.1, -0.05) is 0 Å². The molecule has 0 bridgehead atoms. The summed E-state index contributed by atoms with van der Waals surface area (Å²) in [5.41, 5.74) is 0.730. The van der Waals surface area contributed by atoms with E-state index in [0.29, 0.717) is 25.4 Å². The van der Waals surface area contributed by atoms with Crippen molar-refractivity contribution in [2.45, 2.75) is 13.8 Å². The Kier molecular flexibility index (Phi) is 5.42. The van der Waals surface area contributed by atoms with Crippen molar-refractivity contribution < 1.29 is 14.6 Å². The van der Waals surface area contributed by atoms with Gasteiger partial charge in [-0.15, -0.1) is 0 Å². The number of pyridine rings is 1. The van der Waals surface area contributed by atoms with E-state index < -0.39 is 5.97 Å². The third-order valence-electron chi connectivity index (χ3n) is 2.42. The van der Waals surface area contributed by atoms with Gasteiger partial charge >= 0.3 is 5.97 Å². The average molecular weight is 238 g/mol. The molecule has 0 aliphatic carbocycles. The summed E-state index contributed by atoms with van der Waals surface area (Å²) in [4.78, 5) is 16.9. The first-order valence-electron chi connectivity index (χ1n) is 5.71. The van der Waals surface area contributed by atoms with Crippen LogP contribution in [0.25, 0.3) is 0 Å². The predicted molar refractivity (Wildman–Crippen MR) is 65.6 cm³/mol. The molecule has 0 aliphatic rings. The Morgan fingerprint density at radius 3 is 2.88 bits per heavy atom. The van der Waals surface area contributed by atoms with Crippen molar-refractivity contribution in [3.05, 3.63) is 24.0 Å². The van der Waals surface area contributed by atoms with Gasteiger partial charge in [0.1, 0.15) is 0 Å². The van der Waals surface area contributed by atoms with Gasteiger partial charge < -0.3 is 14.7 Å². The Bertz CT molecular complexity index is 369. The van der Waals surface area contributed by atoms with Crippen LogP contribution >= 0.6 is 0 Å². The molecule has 1 heterocycles. The molecule has 0 saturated heterocycles. The van der Waals surface area contributed by atoms with Crippen LogP contribution in [0.3, 0.4) is 0 Å². The maximum absolute atomic E-state index is 11.1. The Balaban J connectivity index is 2.83. The first-order valence-corrected chi connectivity index (χ1v) is 5.71. The second-order valence-corrected chi connectivity index (χ2v) is 3.45. The third kappa shape index (κ3) is 3.71. The van der Waals surface area contributed by atoms with Crippen molar-refractivity contribution in [3.8, 4) is 0 Å². The van der Waals surface area contributed by atoms with E-state index in [1.165, 1.54) is 6.20 Å². The molecule has 0 atom stereocenters. The number of hydrogen-bond donors (Lipinski definition) is 1. The molecule has 1 aromatic rings. The number of rotatable bonds is 7. The van der Waals surface area contributed by atoms with Crippen molar-refractivity contribution in [1.82, 2.24) is 4.98 Å². The highest BCUT2D eigenvalue weighted by Crippen LogP contribution is 2.17. The number of likely N-dealkylation sites (N-methyl/N-ethyl adjacent to an activating group) is 1. The van der Waals surface area contributed by atoms with E-state index in [-0.39, 0.29) is 5.69 Å². The van der Waals surface area contributed by atoms with Crippen molar-refractivity contribution in [2.24, 2.45) is 0 Å². The number of ether oxygens (including phenoxy) is 1. The molecule has 0 unspecified atom stereocenters. The van der Waals surface area contributed by atoms with Gasteiger partial charge in [-0.05, 0) is 26.0 Å². The summed E-state index contributed by atoms with van der Waals surface area (Å²) in [6, 6.07) is 3.51. The summed E-state index contributed by atoms with van der Waals surface area (Å²) in [6.07, 6.45) is 1.49. The zero-order chi connectivity index (χ0) is 12.7. The standard InChI is InChI=1S/C12H18N2O3/c1-3-14(8-9-17-4-2)10-6-5-7-13-11(10)12(15)16/h5-7H,3-4,8-9H2,1-2H3,(H,15,16). The number of hydrogen-bond acceptors (Lipinski definition) is 4. The molecule has 17 heavy (non-hydrogen) atoms. The molecule has 0 aromatic carbocycles. The van der Waals surface area contributed by atoms with Crippen molar-refractivity contribution in [1.29, 1.82) is 0 Å². The Morgan fingerprint density at radius 1 is 1.53 bits per heavy atom. The van der Waals surface area contributed by atoms with Gasteiger partial charge in [0.15, 0.2) is 5.69 Å². The van der Waals surface area contributed by atoms with E-state index in [4.69, 9.17) is 9.84 Å². The van der Waals surface area contributed by atoms with E-state index >= 15 is 0 Å². The van der Waals surface area contributed by atoms with E-state index in [1.807, 2.05) is 18.7 Å². The van der Waals surface area contributed by atoms with E-state index in [2.05, 4.69) is 4.98 Å². The maximum Gasteiger partial charge on any atom is 0.356 e. The molecule has 94 valence electrons. The normalized spacial score (nSPS) is 10.2. The number of aromatic carboxylic acids is 1. The highest BCUT2D eigenvalue weighted by Gasteiger charge is 2.15. The molecule has 1 rings (SSSR count). The number of anilines is 1. The van der Waals surface area contributed by atoms with Gasteiger partial charge in [0.2, 0.25) is 0 Å². The lowest BCUT2D eigenvalue weighted by Gasteiger charge is -2.23. The van der Waals surface area contributed by atoms with Crippen LogP contribution in [0.4, 0.5) is 5.69 Å². The lowest BCUT2D eigenvalue weighted by Crippen LogP contribution is -2.29. The van der Waals surface area contributed by atoms with Gasteiger partial charge in [-0.25, -0.2) is 9.78 Å². The van der Waals surface area contributed by atoms with Crippen molar-refractivity contribution >= 4 is 11.7 Å². The minimum absolute atomic E-state index is 0.0887. The molecular weight excluding hydrogens is 220 g/mol. The van der Waals surface area contributed by atoms with Crippen LogP contribution in [-0.4, -0.2) is 42.4 Å². The second kappa shape index (κ2) is 6.85. The molecule has 0 radical (unpaired) electrons. The smallest absolute Gasteiger partial charge is 0.356 e. The van der Waals surface area contributed by atoms with Gasteiger partial charge in [0.25, 0.3) is 0 Å². The molecule has 0 amide bonds. The van der Waals surface area contributed by atoms with Crippen LogP contribution < -0.4 is 4.90 Å². The van der Waals surface area contributed by atoms with Crippen LogP contribution in [0.5, 0.6) is 0 Å². The van der Waals surface area contributed by atoms with Gasteiger partial charge in [0.05, 0.1) is 12.3 Å². The fourth-order valence-electron chi connectivity index (χ4n) is 1.58. The van der Waals surface area contributed by atoms with Gasteiger partial charge in [-0.3, -0.25) is 0 Å². The largest absolute Gasteiger partial charge is 0.476 e. The van der Waals surface area contributed by atoms with Crippen LogP contribution in [0.15, 0.2) is 18.3 Å². The zero-order valence-electron chi connectivity index (χ0n) is 10.2. The number of carbonyl (C=O) groups is 1. The molecule has 0 fully saturated rings.